The molecule has 1 aromatic carbocycles. The van der Waals surface area contributed by atoms with Gasteiger partial charge in [0.05, 0.1) is 34.9 Å². The summed E-state index contributed by atoms with van der Waals surface area (Å²) >= 11 is 2.87. The largest absolute Gasteiger partial charge is 0.397 e. The molecule has 0 unspecified atom stereocenters. The van der Waals surface area contributed by atoms with Gasteiger partial charge in [-0.3, -0.25) is 4.79 Å². The maximum Gasteiger partial charge on any atom is 0.260 e. The van der Waals surface area contributed by atoms with Crippen molar-refractivity contribution in [3.63, 3.8) is 0 Å². The fraction of sp³-hybridized carbons (Fsp3) is 0.211. The van der Waals surface area contributed by atoms with Crippen LogP contribution in [0.5, 0.6) is 0 Å². The van der Waals surface area contributed by atoms with Crippen LogP contribution >= 0.6 is 22.7 Å². The van der Waals surface area contributed by atoms with Gasteiger partial charge in [-0.05, 0) is 17.5 Å². The van der Waals surface area contributed by atoms with Gasteiger partial charge in [0.1, 0.15) is 9.71 Å². The van der Waals surface area contributed by atoms with Crippen LogP contribution in [0.3, 0.4) is 0 Å². The van der Waals surface area contributed by atoms with Gasteiger partial charge < -0.3 is 21.1 Å². The van der Waals surface area contributed by atoms with Crippen molar-refractivity contribution in [2.24, 2.45) is 5.73 Å². The third kappa shape index (κ3) is 2.79. The Balaban J connectivity index is 1.77. The predicted molar refractivity (Wildman–Crippen MR) is 114 cm³/mol. The molecule has 4 heterocycles. The summed E-state index contributed by atoms with van der Waals surface area (Å²) < 4.78 is 6.61. The second kappa shape index (κ2) is 6.69. The summed E-state index contributed by atoms with van der Waals surface area (Å²) in [5, 5.41) is 1.84. The lowest BCUT2D eigenvalue weighted by molar-refractivity contribution is 0.100. The average Bonchev–Trinajstić information content (AvgIpc) is 3.29. The number of fused-ring (bicyclic) bond motifs is 2. The maximum absolute atomic E-state index is 11.8. The molecule has 4 N–H and O–H groups in total. The molecule has 5 rings (SSSR count). The zero-order valence-electron chi connectivity index (χ0n) is 14.8. The number of hydrogen-bond acceptors (Lipinski definition) is 8. The van der Waals surface area contributed by atoms with Gasteiger partial charge in [0.2, 0.25) is 5.95 Å². The number of benzene rings is 1. The van der Waals surface area contributed by atoms with Gasteiger partial charge >= 0.3 is 0 Å². The number of morpholine rings is 1. The zero-order chi connectivity index (χ0) is 19.3. The molecule has 9 heteroatoms. The van der Waals surface area contributed by atoms with Gasteiger partial charge in [0, 0.05) is 17.8 Å². The van der Waals surface area contributed by atoms with E-state index in [1.54, 1.807) is 11.3 Å². The molecule has 1 fully saturated rings. The molecule has 142 valence electrons. The third-order valence-electron chi connectivity index (χ3n) is 4.75. The molecular formula is C19H17N5O2S2. The normalized spacial score (nSPS) is 14.8. The standard InChI is InChI=1S/C19H17N5O2S2/c20-14-13-15(12-9-10-3-1-2-4-11(10)27-12)22-19(24-5-7-26-8-6-24)23-18(13)28-16(14)17(21)25/h1-4,9H,5-8,20H2,(H2,21,25). The van der Waals surface area contributed by atoms with Crippen LogP contribution < -0.4 is 16.4 Å². The van der Waals surface area contributed by atoms with Gasteiger partial charge in [-0.15, -0.1) is 22.7 Å². The number of ether oxygens (including phenoxy) is 1. The molecule has 28 heavy (non-hydrogen) atoms. The molecule has 4 aromatic rings. The van der Waals surface area contributed by atoms with E-state index in [0.717, 1.165) is 29.0 Å². The average molecular weight is 412 g/mol. The number of amides is 1. The monoisotopic (exact) mass is 411 g/mol. The fourth-order valence-electron chi connectivity index (χ4n) is 3.38. The van der Waals surface area contributed by atoms with Crippen molar-refractivity contribution in [3.8, 4) is 10.6 Å². The lowest BCUT2D eigenvalue weighted by atomic mass is 10.2. The number of thiophene rings is 2. The minimum atomic E-state index is -0.546. The highest BCUT2D eigenvalue weighted by Crippen LogP contribution is 2.42. The van der Waals surface area contributed by atoms with Crippen LogP contribution in [-0.4, -0.2) is 42.2 Å². The number of carbonyl (C=O) groups is 1. The molecule has 1 aliphatic heterocycles. The van der Waals surface area contributed by atoms with Crippen molar-refractivity contribution in [2.75, 3.05) is 36.9 Å². The minimum absolute atomic E-state index is 0.325. The fourth-order valence-corrected chi connectivity index (χ4v) is 5.38. The summed E-state index contributed by atoms with van der Waals surface area (Å²) in [5.41, 5.74) is 12.9. The SMILES string of the molecule is NC(=O)c1sc2nc(N3CCOCC3)nc(-c3cc4ccccc4s3)c2c1N. The molecule has 3 aromatic heterocycles. The van der Waals surface area contributed by atoms with Crippen LogP contribution in [0.15, 0.2) is 30.3 Å². The number of rotatable bonds is 3. The summed E-state index contributed by atoms with van der Waals surface area (Å²) in [6.45, 7) is 2.72. The summed E-state index contributed by atoms with van der Waals surface area (Å²) in [7, 11) is 0. The van der Waals surface area contributed by atoms with Gasteiger partial charge in [-0.2, -0.15) is 0 Å². The highest BCUT2D eigenvalue weighted by molar-refractivity contribution is 7.23. The van der Waals surface area contributed by atoms with E-state index < -0.39 is 5.91 Å². The topological polar surface area (TPSA) is 107 Å². The number of nitrogens with two attached hydrogens (primary N) is 2. The van der Waals surface area contributed by atoms with E-state index in [4.69, 9.17) is 26.2 Å². The first kappa shape index (κ1) is 17.4. The number of nitrogens with zero attached hydrogens (tertiary/aromatic N) is 3. The quantitative estimate of drug-likeness (QED) is 0.536. The van der Waals surface area contributed by atoms with Crippen molar-refractivity contribution in [1.29, 1.82) is 0 Å². The predicted octanol–water partition coefficient (Wildman–Crippen LogP) is 3.09. The first-order valence-electron chi connectivity index (χ1n) is 8.83. The third-order valence-corrected chi connectivity index (χ3v) is 6.99. The first-order valence-corrected chi connectivity index (χ1v) is 10.5. The van der Waals surface area contributed by atoms with Crippen LogP contribution in [0.2, 0.25) is 0 Å². The number of primary amides is 1. The number of anilines is 2. The second-order valence-electron chi connectivity index (χ2n) is 6.51. The number of aromatic nitrogens is 2. The summed E-state index contributed by atoms with van der Waals surface area (Å²) in [6.07, 6.45) is 0. The van der Waals surface area contributed by atoms with E-state index in [0.29, 0.717) is 39.9 Å². The second-order valence-corrected chi connectivity index (χ2v) is 8.59. The Labute approximate surface area is 168 Å². The number of nitrogen functional groups attached to an aromatic ring is 1. The molecule has 1 aliphatic rings. The molecule has 1 amide bonds. The van der Waals surface area contributed by atoms with Crippen LogP contribution in [0, 0.1) is 0 Å². The van der Waals surface area contributed by atoms with Gasteiger partial charge in [-0.1, -0.05) is 18.2 Å². The van der Waals surface area contributed by atoms with Crippen molar-refractivity contribution >= 4 is 60.5 Å². The van der Waals surface area contributed by atoms with Crippen molar-refractivity contribution in [1.82, 2.24) is 9.97 Å². The summed E-state index contributed by atoms with van der Waals surface area (Å²) in [6, 6.07) is 10.3. The molecule has 0 bridgehead atoms. The minimum Gasteiger partial charge on any atom is -0.397 e. The lowest BCUT2D eigenvalue weighted by Gasteiger charge is -2.27. The lowest BCUT2D eigenvalue weighted by Crippen LogP contribution is -2.37. The Morgan fingerprint density at radius 1 is 1.14 bits per heavy atom. The smallest absolute Gasteiger partial charge is 0.260 e. The van der Waals surface area contributed by atoms with E-state index >= 15 is 0 Å². The molecule has 0 atom stereocenters. The van der Waals surface area contributed by atoms with Crippen molar-refractivity contribution in [2.45, 2.75) is 0 Å². The maximum atomic E-state index is 11.8. The Hall–Kier alpha value is -2.75. The van der Waals surface area contributed by atoms with Gasteiger partial charge in [0.25, 0.3) is 5.91 Å². The van der Waals surface area contributed by atoms with E-state index in [-0.39, 0.29) is 0 Å². The number of hydrogen-bond donors (Lipinski definition) is 2. The van der Waals surface area contributed by atoms with Crippen LogP contribution in [0.1, 0.15) is 9.67 Å². The highest BCUT2D eigenvalue weighted by Gasteiger charge is 2.24. The zero-order valence-corrected chi connectivity index (χ0v) is 16.5. The molecule has 0 aliphatic carbocycles. The Morgan fingerprint density at radius 2 is 1.93 bits per heavy atom. The first-order chi connectivity index (χ1) is 13.6. The summed E-state index contributed by atoms with van der Waals surface area (Å²) in [4.78, 5) is 25.5. The van der Waals surface area contributed by atoms with Crippen molar-refractivity contribution in [3.05, 3.63) is 35.2 Å². The van der Waals surface area contributed by atoms with E-state index in [2.05, 4.69) is 23.1 Å². The Kier molecular flexibility index (Phi) is 4.15. The number of carbonyl (C=O) groups excluding carboxylic acids is 1. The molecule has 0 spiro atoms. The summed E-state index contributed by atoms with van der Waals surface area (Å²) in [5.74, 6) is 0.0799. The van der Waals surface area contributed by atoms with Crippen LogP contribution in [-0.2, 0) is 4.74 Å². The molecular weight excluding hydrogens is 394 g/mol. The van der Waals surface area contributed by atoms with Crippen LogP contribution in [0.25, 0.3) is 30.9 Å². The van der Waals surface area contributed by atoms with Gasteiger partial charge in [-0.25, -0.2) is 9.97 Å². The van der Waals surface area contributed by atoms with E-state index in [1.807, 2.05) is 12.1 Å². The molecule has 0 radical (unpaired) electrons. The van der Waals surface area contributed by atoms with E-state index in [9.17, 15) is 4.79 Å². The van der Waals surface area contributed by atoms with Crippen molar-refractivity contribution < 1.29 is 9.53 Å². The van der Waals surface area contributed by atoms with Gasteiger partial charge in [0.15, 0.2) is 0 Å². The highest BCUT2D eigenvalue weighted by atomic mass is 32.1. The van der Waals surface area contributed by atoms with Crippen LogP contribution in [0.4, 0.5) is 11.6 Å². The molecule has 1 saturated heterocycles. The molecule has 0 saturated carbocycles. The Morgan fingerprint density at radius 3 is 2.68 bits per heavy atom. The molecule has 7 nitrogen and oxygen atoms in total. The Bertz CT molecular complexity index is 1180. The van der Waals surface area contributed by atoms with E-state index in [1.165, 1.54) is 16.0 Å².